The number of nitrogens with one attached hydrogen (secondary N) is 1. The Morgan fingerprint density at radius 3 is 3.09 bits per heavy atom. The molecule has 1 atom stereocenters. The Morgan fingerprint density at radius 1 is 1.39 bits per heavy atom. The third-order valence-electron chi connectivity index (χ3n) is 4.75. The average Bonchev–Trinajstić information content (AvgIpc) is 2.97. The van der Waals surface area contributed by atoms with Crippen LogP contribution in [-0.4, -0.2) is 22.0 Å². The van der Waals surface area contributed by atoms with E-state index in [1.807, 2.05) is 19.3 Å². The Labute approximate surface area is 137 Å². The first-order valence-electron chi connectivity index (χ1n) is 8.56. The van der Waals surface area contributed by atoms with Crippen LogP contribution in [-0.2, 0) is 17.8 Å². The fraction of sp³-hybridized carbons (Fsp3) is 0.474. The fourth-order valence-electron chi connectivity index (χ4n) is 3.48. The van der Waals surface area contributed by atoms with E-state index in [9.17, 15) is 4.79 Å². The lowest BCUT2D eigenvalue weighted by Gasteiger charge is -2.25. The van der Waals surface area contributed by atoms with Gasteiger partial charge in [0.25, 0.3) is 0 Å². The summed E-state index contributed by atoms with van der Waals surface area (Å²) in [6.45, 7) is 3.63. The molecule has 1 aliphatic carbocycles. The number of benzene rings is 1. The maximum atomic E-state index is 12.2. The molecule has 1 aliphatic rings. The van der Waals surface area contributed by atoms with Crippen LogP contribution >= 0.6 is 0 Å². The van der Waals surface area contributed by atoms with E-state index < -0.39 is 0 Å². The number of imidazole rings is 1. The van der Waals surface area contributed by atoms with Crippen molar-refractivity contribution in [3.05, 3.63) is 53.6 Å². The van der Waals surface area contributed by atoms with Gasteiger partial charge in [0.2, 0.25) is 5.91 Å². The van der Waals surface area contributed by atoms with Crippen LogP contribution in [0.15, 0.2) is 36.7 Å². The normalized spacial score (nSPS) is 16.8. The Balaban J connectivity index is 1.44. The van der Waals surface area contributed by atoms with Gasteiger partial charge in [0.05, 0.1) is 0 Å². The maximum Gasteiger partial charge on any atom is 0.220 e. The minimum Gasteiger partial charge on any atom is -0.356 e. The second-order valence-corrected chi connectivity index (χ2v) is 6.36. The molecule has 2 aromatic rings. The molecule has 1 aromatic carbocycles. The van der Waals surface area contributed by atoms with Gasteiger partial charge in [-0.1, -0.05) is 24.3 Å². The van der Waals surface area contributed by atoms with Crippen molar-refractivity contribution in [3.63, 3.8) is 0 Å². The molecular weight excluding hydrogens is 286 g/mol. The van der Waals surface area contributed by atoms with Crippen molar-refractivity contribution in [1.29, 1.82) is 0 Å². The lowest BCUT2D eigenvalue weighted by Crippen LogP contribution is -2.27. The average molecular weight is 311 g/mol. The largest absolute Gasteiger partial charge is 0.356 e. The SMILES string of the molecule is Cc1nccn1CCCNC(=O)C[C@H]1CCCc2ccccc21. The third-order valence-corrected chi connectivity index (χ3v) is 4.75. The van der Waals surface area contributed by atoms with Gasteiger partial charge in [0.1, 0.15) is 5.82 Å². The first kappa shape index (κ1) is 15.8. The molecule has 0 aliphatic heterocycles. The van der Waals surface area contributed by atoms with Crippen molar-refractivity contribution in [2.45, 2.75) is 51.5 Å². The number of hydrogen-bond donors (Lipinski definition) is 1. The number of rotatable bonds is 6. The van der Waals surface area contributed by atoms with Crippen LogP contribution in [0.5, 0.6) is 0 Å². The van der Waals surface area contributed by atoms with Crippen LogP contribution in [0.4, 0.5) is 0 Å². The molecule has 1 N–H and O–H groups in total. The van der Waals surface area contributed by atoms with Gasteiger partial charge >= 0.3 is 0 Å². The second kappa shape index (κ2) is 7.44. The molecule has 4 heteroatoms. The van der Waals surface area contributed by atoms with Gasteiger partial charge in [0, 0.05) is 31.9 Å². The summed E-state index contributed by atoms with van der Waals surface area (Å²) < 4.78 is 2.11. The number of fused-ring (bicyclic) bond motifs is 1. The van der Waals surface area contributed by atoms with Gasteiger partial charge in [-0.05, 0) is 49.7 Å². The first-order valence-corrected chi connectivity index (χ1v) is 8.56. The highest BCUT2D eigenvalue weighted by atomic mass is 16.1. The summed E-state index contributed by atoms with van der Waals surface area (Å²) in [5.74, 6) is 1.58. The number of amides is 1. The molecule has 0 fully saturated rings. The van der Waals surface area contributed by atoms with Crippen molar-refractivity contribution in [1.82, 2.24) is 14.9 Å². The Hall–Kier alpha value is -2.10. The van der Waals surface area contributed by atoms with Crippen molar-refractivity contribution >= 4 is 5.91 Å². The predicted octanol–water partition coefficient (Wildman–Crippen LogP) is 3.21. The van der Waals surface area contributed by atoms with Crippen LogP contribution < -0.4 is 5.32 Å². The molecule has 1 amide bonds. The van der Waals surface area contributed by atoms with E-state index >= 15 is 0 Å². The number of hydrogen-bond acceptors (Lipinski definition) is 2. The zero-order valence-corrected chi connectivity index (χ0v) is 13.8. The van der Waals surface area contributed by atoms with Gasteiger partial charge in [-0.2, -0.15) is 0 Å². The van der Waals surface area contributed by atoms with E-state index in [-0.39, 0.29) is 5.91 Å². The lowest BCUT2D eigenvalue weighted by atomic mass is 9.81. The standard InChI is InChI=1S/C19H25N3O/c1-15-20-11-13-22(15)12-5-10-21-19(23)14-17-8-4-7-16-6-2-3-9-18(16)17/h2-3,6,9,11,13,17H,4-5,7-8,10,12,14H2,1H3,(H,21,23)/t17-/m1/s1. The highest BCUT2D eigenvalue weighted by molar-refractivity contribution is 5.77. The van der Waals surface area contributed by atoms with E-state index in [4.69, 9.17) is 0 Å². The van der Waals surface area contributed by atoms with Gasteiger partial charge in [-0.25, -0.2) is 4.98 Å². The van der Waals surface area contributed by atoms with Crippen LogP contribution in [0.1, 0.15) is 48.6 Å². The predicted molar refractivity (Wildman–Crippen MR) is 91.3 cm³/mol. The Kier molecular flexibility index (Phi) is 5.11. The van der Waals surface area contributed by atoms with Crippen molar-refractivity contribution in [2.24, 2.45) is 0 Å². The Morgan fingerprint density at radius 2 is 2.26 bits per heavy atom. The molecule has 1 heterocycles. The molecule has 1 aromatic heterocycles. The molecule has 122 valence electrons. The first-order chi connectivity index (χ1) is 11.2. The molecule has 4 nitrogen and oxygen atoms in total. The molecular formula is C19H25N3O. The lowest BCUT2D eigenvalue weighted by molar-refractivity contribution is -0.121. The van der Waals surface area contributed by atoms with Crippen molar-refractivity contribution in [3.8, 4) is 0 Å². The van der Waals surface area contributed by atoms with Gasteiger partial charge in [-0.3, -0.25) is 4.79 Å². The van der Waals surface area contributed by atoms with Crippen LogP contribution in [0.3, 0.4) is 0 Å². The third kappa shape index (κ3) is 4.01. The number of carbonyl (C=O) groups excluding carboxylic acids is 1. The van der Waals surface area contributed by atoms with Crippen molar-refractivity contribution < 1.29 is 4.79 Å². The summed E-state index contributed by atoms with van der Waals surface area (Å²) in [6, 6.07) is 8.57. The zero-order valence-electron chi connectivity index (χ0n) is 13.8. The Bertz CT molecular complexity index is 662. The smallest absolute Gasteiger partial charge is 0.220 e. The number of nitrogens with zero attached hydrogens (tertiary/aromatic N) is 2. The molecule has 3 rings (SSSR count). The summed E-state index contributed by atoms with van der Waals surface area (Å²) in [7, 11) is 0. The van der Waals surface area contributed by atoms with E-state index in [1.165, 1.54) is 17.5 Å². The minimum atomic E-state index is 0.175. The minimum absolute atomic E-state index is 0.175. The highest BCUT2D eigenvalue weighted by Crippen LogP contribution is 2.33. The van der Waals surface area contributed by atoms with Gasteiger partial charge < -0.3 is 9.88 Å². The topological polar surface area (TPSA) is 46.9 Å². The monoisotopic (exact) mass is 311 g/mol. The molecule has 0 radical (unpaired) electrons. The number of aryl methyl sites for hydroxylation is 3. The fourth-order valence-corrected chi connectivity index (χ4v) is 3.48. The highest BCUT2D eigenvalue weighted by Gasteiger charge is 2.21. The molecule has 0 saturated carbocycles. The van der Waals surface area contributed by atoms with Gasteiger partial charge in [0.15, 0.2) is 0 Å². The summed E-state index contributed by atoms with van der Waals surface area (Å²) in [5.41, 5.74) is 2.80. The zero-order chi connectivity index (χ0) is 16.1. The number of carbonyl (C=O) groups is 1. The quantitative estimate of drug-likeness (QED) is 0.833. The molecule has 0 spiro atoms. The van der Waals surface area contributed by atoms with E-state index in [0.717, 1.165) is 38.2 Å². The summed E-state index contributed by atoms with van der Waals surface area (Å²) in [5, 5.41) is 3.07. The van der Waals surface area contributed by atoms with E-state index in [1.54, 1.807) is 0 Å². The maximum absolute atomic E-state index is 12.2. The molecule has 23 heavy (non-hydrogen) atoms. The summed E-state index contributed by atoms with van der Waals surface area (Å²) in [4.78, 5) is 16.4. The van der Waals surface area contributed by atoms with Crippen molar-refractivity contribution in [2.75, 3.05) is 6.54 Å². The molecule has 0 bridgehead atoms. The van der Waals surface area contributed by atoms with Crippen LogP contribution in [0, 0.1) is 6.92 Å². The van der Waals surface area contributed by atoms with Gasteiger partial charge in [-0.15, -0.1) is 0 Å². The van der Waals surface area contributed by atoms with Crippen LogP contribution in [0.25, 0.3) is 0 Å². The molecule has 0 unspecified atom stereocenters. The number of aromatic nitrogens is 2. The second-order valence-electron chi connectivity index (χ2n) is 6.36. The van der Waals surface area contributed by atoms with Crippen LogP contribution in [0.2, 0.25) is 0 Å². The van der Waals surface area contributed by atoms with E-state index in [2.05, 4.69) is 39.1 Å². The van der Waals surface area contributed by atoms with E-state index in [0.29, 0.717) is 12.3 Å². The summed E-state index contributed by atoms with van der Waals surface area (Å²) >= 11 is 0. The molecule has 0 saturated heterocycles. The summed E-state index contributed by atoms with van der Waals surface area (Å²) in [6.07, 6.45) is 8.81.